The quantitative estimate of drug-likeness (QED) is 0.578. The summed E-state index contributed by atoms with van der Waals surface area (Å²) in [6.45, 7) is 4.25. The van der Waals surface area contributed by atoms with Gasteiger partial charge < -0.3 is 5.11 Å². The molecule has 0 aromatic heterocycles. The van der Waals surface area contributed by atoms with Crippen molar-refractivity contribution in [1.82, 2.24) is 5.32 Å². The maximum atomic E-state index is 9.32. The smallest absolute Gasteiger partial charge is 0.105 e. The van der Waals surface area contributed by atoms with Gasteiger partial charge >= 0.3 is 0 Å². The van der Waals surface area contributed by atoms with E-state index in [-0.39, 0.29) is 6.23 Å². The average Bonchev–Trinajstić information content (AvgIpc) is 2.46. The predicted molar refractivity (Wildman–Crippen MR) is 41.6 cm³/mol. The van der Waals surface area contributed by atoms with Gasteiger partial charge in [0.05, 0.1) is 0 Å². The second-order valence-electron chi connectivity index (χ2n) is 3.59. The van der Waals surface area contributed by atoms with Crippen molar-refractivity contribution in [3.05, 3.63) is 0 Å². The molecule has 2 nitrogen and oxygen atoms in total. The highest BCUT2D eigenvalue weighted by molar-refractivity contribution is 4.81. The lowest BCUT2D eigenvalue weighted by atomic mass is 10.1. The Labute approximate surface area is 62.6 Å². The first-order valence-electron chi connectivity index (χ1n) is 4.12. The van der Waals surface area contributed by atoms with Crippen LogP contribution >= 0.6 is 0 Å². The molecule has 1 aliphatic rings. The average molecular weight is 143 g/mol. The van der Waals surface area contributed by atoms with Crippen LogP contribution in [0.5, 0.6) is 0 Å². The van der Waals surface area contributed by atoms with E-state index < -0.39 is 0 Å². The van der Waals surface area contributed by atoms with Gasteiger partial charge in [-0.1, -0.05) is 13.8 Å². The van der Waals surface area contributed by atoms with E-state index in [1.165, 1.54) is 12.8 Å². The van der Waals surface area contributed by atoms with Crippen molar-refractivity contribution >= 4 is 0 Å². The van der Waals surface area contributed by atoms with Crippen molar-refractivity contribution < 1.29 is 5.11 Å². The summed E-state index contributed by atoms with van der Waals surface area (Å²) in [4.78, 5) is 0. The van der Waals surface area contributed by atoms with Gasteiger partial charge in [-0.3, -0.25) is 5.32 Å². The second-order valence-corrected chi connectivity index (χ2v) is 3.59. The summed E-state index contributed by atoms with van der Waals surface area (Å²) >= 11 is 0. The third-order valence-corrected chi connectivity index (χ3v) is 1.70. The molecule has 1 atom stereocenters. The third-order valence-electron chi connectivity index (χ3n) is 1.70. The first kappa shape index (κ1) is 8.02. The lowest BCUT2D eigenvalue weighted by Gasteiger charge is -2.13. The molecule has 0 aliphatic heterocycles. The maximum Gasteiger partial charge on any atom is 0.105 e. The maximum absolute atomic E-state index is 9.32. The van der Waals surface area contributed by atoms with Gasteiger partial charge in [-0.15, -0.1) is 0 Å². The molecule has 0 aromatic carbocycles. The van der Waals surface area contributed by atoms with E-state index in [4.69, 9.17) is 0 Å². The molecule has 2 heteroatoms. The van der Waals surface area contributed by atoms with Gasteiger partial charge in [0.15, 0.2) is 0 Å². The van der Waals surface area contributed by atoms with E-state index in [9.17, 15) is 5.11 Å². The molecule has 0 aromatic rings. The fourth-order valence-corrected chi connectivity index (χ4v) is 1.04. The summed E-state index contributed by atoms with van der Waals surface area (Å²) in [5, 5.41) is 12.5. The summed E-state index contributed by atoms with van der Waals surface area (Å²) in [5.41, 5.74) is 0. The number of aliphatic hydroxyl groups is 1. The summed E-state index contributed by atoms with van der Waals surface area (Å²) in [6, 6.07) is 0.619. The lowest BCUT2D eigenvalue weighted by molar-refractivity contribution is 0.112. The molecule has 1 unspecified atom stereocenters. The minimum Gasteiger partial charge on any atom is -0.379 e. The summed E-state index contributed by atoms with van der Waals surface area (Å²) in [7, 11) is 0. The molecule has 60 valence electrons. The molecule has 0 amide bonds. The van der Waals surface area contributed by atoms with Gasteiger partial charge in [-0.2, -0.15) is 0 Å². The Morgan fingerprint density at radius 2 is 2.10 bits per heavy atom. The highest BCUT2D eigenvalue weighted by Gasteiger charge is 2.23. The predicted octanol–water partition coefficient (Wildman–Crippen LogP) is 1.10. The topological polar surface area (TPSA) is 32.3 Å². The van der Waals surface area contributed by atoms with Gasteiger partial charge in [0.25, 0.3) is 0 Å². The van der Waals surface area contributed by atoms with Crippen molar-refractivity contribution in [2.45, 2.75) is 45.4 Å². The van der Waals surface area contributed by atoms with Gasteiger partial charge in [-0.25, -0.2) is 0 Å². The lowest BCUT2D eigenvalue weighted by Crippen LogP contribution is -2.31. The minimum atomic E-state index is -0.271. The Morgan fingerprint density at radius 3 is 2.50 bits per heavy atom. The molecule has 0 heterocycles. The van der Waals surface area contributed by atoms with Gasteiger partial charge in [-0.05, 0) is 25.2 Å². The Bertz CT molecular complexity index is 95.4. The van der Waals surface area contributed by atoms with Crippen LogP contribution in [-0.4, -0.2) is 17.4 Å². The van der Waals surface area contributed by atoms with E-state index in [2.05, 4.69) is 19.2 Å². The molecule has 1 saturated carbocycles. The molecule has 1 fully saturated rings. The van der Waals surface area contributed by atoms with Crippen LogP contribution in [0.2, 0.25) is 0 Å². The molecule has 0 saturated heterocycles. The van der Waals surface area contributed by atoms with Crippen molar-refractivity contribution in [1.29, 1.82) is 0 Å². The second kappa shape index (κ2) is 3.35. The standard InChI is InChI=1S/C8H17NO/c1-6(2)5-8(10)9-7-3-4-7/h6-10H,3-5H2,1-2H3. The fraction of sp³-hybridized carbons (Fsp3) is 1.00. The van der Waals surface area contributed by atoms with Gasteiger partial charge in [0.2, 0.25) is 0 Å². The summed E-state index contributed by atoms with van der Waals surface area (Å²) < 4.78 is 0. The number of hydrogen-bond acceptors (Lipinski definition) is 2. The fourth-order valence-electron chi connectivity index (χ4n) is 1.04. The van der Waals surface area contributed by atoms with E-state index in [1.54, 1.807) is 0 Å². The van der Waals surface area contributed by atoms with Gasteiger partial charge in [0.1, 0.15) is 6.23 Å². The number of nitrogens with one attached hydrogen (secondary N) is 1. The largest absolute Gasteiger partial charge is 0.379 e. The monoisotopic (exact) mass is 143 g/mol. The van der Waals surface area contributed by atoms with Crippen LogP contribution < -0.4 is 5.32 Å². The number of hydrogen-bond donors (Lipinski definition) is 2. The first-order chi connectivity index (χ1) is 4.68. The number of aliphatic hydroxyl groups excluding tert-OH is 1. The summed E-state index contributed by atoms with van der Waals surface area (Å²) in [6.07, 6.45) is 3.09. The zero-order valence-corrected chi connectivity index (χ0v) is 6.80. The molecule has 1 aliphatic carbocycles. The third kappa shape index (κ3) is 3.18. The van der Waals surface area contributed by atoms with E-state index in [0.29, 0.717) is 12.0 Å². The zero-order chi connectivity index (χ0) is 7.56. The molecule has 10 heavy (non-hydrogen) atoms. The Hall–Kier alpha value is -0.0800. The minimum absolute atomic E-state index is 0.271. The molecular weight excluding hydrogens is 126 g/mol. The Kier molecular flexibility index (Phi) is 2.69. The molecule has 0 spiro atoms. The van der Waals surface area contributed by atoms with Crippen LogP contribution in [0.1, 0.15) is 33.1 Å². The Balaban J connectivity index is 2.02. The zero-order valence-electron chi connectivity index (χ0n) is 6.80. The van der Waals surface area contributed by atoms with Crippen molar-refractivity contribution in [2.24, 2.45) is 5.92 Å². The molecular formula is C8H17NO. The number of rotatable bonds is 4. The highest BCUT2D eigenvalue weighted by Crippen LogP contribution is 2.20. The van der Waals surface area contributed by atoms with Crippen LogP contribution in [0.25, 0.3) is 0 Å². The van der Waals surface area contributed by atoms with Crippen LogP contribution in [0, 0.1) is 5.92 Å². The normalized spacial score (nSPS) is 21.6. The van der Waals surface area contributed by atoms with E-state index in [1.807, 2.05) is 0 Å². The Morgan fingerprint density at radius 1 is 1.50 bits per heavy atom. The molecule has 0 radical (unpaired) electrons. The highest BCUT2D eigenvalue weighted by atomic mass is 16.3. The SMILES string of the molecule is CC(C)CC(O)NC1CC1. The molecule has 1 rings (SSSR count). The van der Waals surface area contributed by atoms with Gasteiger partial charge in [0, 0.05) is 6.04 Å². The van der Waals surface area contributed by atoms with E-state index >= 15 is 0 Å². The van der Waals surface area contributed by atoms with E-state index in [0.717, 1.165) is 6.42 Å². The van der Waals surface area contributed by atoms with Crippen LogP contribution in [0.3, 0.4) is 0 Å². The summed E-state index contributed by atoms with van der Waals surface area (Å²) in [5.74, 6) is 0.584. The van der Waals surface area contributed by atoms with Crippen molar-refractivity contribution in [2.75, 3.05) is 0 Å². The molecule has 0 bridgehead atoms. The van der Waals surface area contributed by atoms with Crippen LogP contribution in [0.4, 0.5) is 0 Å². The van der Waals surface area contributed by atoms with Crippen molar-refractivity contribution in [3.8, 4) is 0 Å². The first-order valence-corrected chi connectivity index (χ1v) is 4.12. The van der Waals surface area contributed by atoms with Crippen LogP contribution in [-0.2, 0) is 0 Å². The van der Waals surface area contributed by atoms with Crippen LogP contribution in [0.15, 0.2) is 0 Å². The van der Waals surface area contributed by atoms with Crippen molar-refractivity contribution in [3.63, 3.8) is 0 Å². The molecule has 2 N–H and O–H groups in total.